The highest BCUT2D eigenvalue weighted by Gasteiger charge is 2.30. The second-order valence-electron chi connectivity index (χ2n) is 6.28. The van der Waals surface area contributed by atoms with Gasteiger partial charge in [0.15, 0.2) is 0 Å². The highest BCUT2D eigenvalue weighted by atomic mass is 16.5. The van der Waals surface area contributed by atoms with E-state index in [2.05, 4.69) is 54.0 Å². The van der Waals surface area contributed by atoms with Gasteiger partial charge in [-0.2, -0.15) is 0 Å². The zero-order chi connectivity index (χ0) is 15.9. The zero-order valence-corrected chi connectivity index (χ0v) is 14.4. The third-order valence-electron chi connectivity index (χ3n) is 4.61. The molecule has 0 radical (unpaired) electrons. The van der Waals surface area contributed by atoms with Crippen molar-refractivity contribution in [3.05, 3.63) is 35.9 Å². The molecule has 0 bridgehead atoms. The Morgan fingerprint density at radius 1 is 1.09 bits per heavy atom. The molecule has 0 aromatic heterocycles. The molecule has 3 atom stereocenters. The second kappa shape index (κ2) is 8.63. The van der Waals surface area contributed by atoms with E-state index in [9.17, 15) is 0 Å². The summed E-state index contributed by atoms with van der Waals surface area (Å²) in [5.41, 5.74) is 1.26. The number of hydrogen-bond donors (Lipinski definition) is 0. The molecule has 0 spiro atoms. The van der Waals surface area contributed by atoms with Crippen LogP contribution < -0.4 is 0 Å². The van der Waals surface area contributed by atoms with Crippen molar-refractivity contribution >= 4 is 0 Å². The van der Waals surface area contributed by atoms with Gasteiger partial charge in [0, 0.05) is 52.5 Å². The van der Waals surface area contributed by atoms with Crippen LogP contribution >= 0.6 is 0 Å². The summed E-state index contributed by atoms with van der Waals surface area (Å²) in [6.07, 6.45) is 0.145. The third kappa shape index (κ3) is 4.53. The van der Waals surface area contributed by atoms with E-state index in [-0.39, 0.29) is 6.10 Å². The first-order valence-electron chi connectivity index (χ1n) is 8.20. The molecule has 1 aromatic carbocycles. The summed E-state index contributed by atoms with van der Waals surface area (Å²) in [5, 5.41) is 0. The fourth-order valence-corrected chi connectivity index (χ4v) is 3.47. The van der Waals surface area contributed by atoms with Crippen LogP contribution in [0.25, 0.3) is 0 Å². The first-order chi connectivity index (χ1) is 10.7. The van der Waals surface area contributed by atoms with E-state index >= 15 is 0 Å². The number of benzene rings is 1. The monoisotopic (exact) mass is 306 g/mol. The molecule has 0 aliphatic carbocycles. The molecule has 124 valence electrons. The van der Waals surface area contributed by atoms with Gasteiger partial charge in [-0.1, -0.05) is 30.3 Å². The Labute approximate surface area is 135 Å². The average molecular weight is 306 g/mol. The van der Waals surface area contributed by atoms with Crippen molar-refractivity contribution in [3.8, 4) is 0 Å². The lowest BCUT2D eigenvalue weighted by Gasteiger charge is -2.45. The van der Waals surface area contributed by atoms with E-state index in [4.69, 9.17) is 9.47 Å². The quantitative estimate of drug-likeness (QED) is 0.772. The van der Waals surface area contributed by atoms with Crippen LogP contribution in [0.3, 0.4) is 0 Å². The molecule has 4 nitrogen and oxygen atoms in total. The second-order valence-corrected chi connectivity index (χ2v) is 6.28. The maximum absolute atomic E-state index is 5.73. The fourth-order valence-electron chi connectivity index (χ4n) is 3.47. The van der Waals surface area contributed by atoms with Crippen LogP contribution in [-0.4, -0.2) is 68.9 Å². The Balaban J connectivity index is 1.94. The molecule has 3 unspecified atom stereocenters. The molecule has 2 rings (SSSR count). The number of nitrogens with zero attached hydrogens (tertiary/aromatic N) is 2. The van der Waals surface area contributed by atoms with Gasteiger partial charge in [0.25, 0.3) is 0 Å². The Kier molecular flexibility index (Phi) is 6.83. The molecule has 4 heteroatoms. The molecule has 0 amide bonds. The Bertz CT molecular complexity index is 414. The van der Waals surface area contributed by atoms with E-state index in [0.29, 0.717) is 12.1 Å². The lowest BCUT2D eigenvalue weighted by molar-refractivity contribution is -0.00730. The maximum Gasteiger partial charge on any atom is 0.0947 e. The van der Waals surface area contributed by atoms with Gasteiger partial charge in [-0.15, -0.1) is 0 Å². The summed E-state index contributed by atoms with van der Waals surface area (Å²) in [7, 11) is 3.58. The summed E-state index contributed by atoms with van der Waals surface area (Å²) in [5.74, 6) is 0. The van der Waals surface area contributed by atoms with E-state index < -0.39 is 0 Å². The van der Waals surface area contributed by atoms with Crippen molar-refractivity contribution in [1.29, 1.82) is 0 Å². The van der Waals surface area contributed by atoms with Crippen LogP contribution in [-0.2, 0) is 9.47 Å². The van der Waals surface area contributed by atoms with Crippen LogP contribution in [0, 0.1) is 0 Å². The molecule has 1 aromatic rings. The Morgan fingerprint density at radius 2 is 1.73 bits per heavy atom. The molecule has 1 aliphatic rings. The average Bonchev–Trinajstić information content (AvgIpc) is 2.53. The predicted molar refractivity (Wildman–Crippen MR) is 90.1 cm³/mol. The fraction of sp³-hybridized carbons (Fsp3) is 0.667. The standard InChI is InChI=1S/C18H30N2O2/c1-15-12-19(13-16(2)20(15)10-11-21-3)14-18(22-4)17-8-6-5-7-9-17/h5-9,15-16,18H,10-14H2,1-4H3. The largest absolute Gasteiger partial charge is 0.383 e. The minimum Gasteiger partial charge on any atom is -0.383 e. The minimum atomic E-state index is 0.145. The number of methoxy groups -OCH3 is 2. The van der Waals surface area contributed by atoms with Crippen molar-refractivity contribution < 1.29 is 9.47 Å². The van der Waals surface area contributed by atoms with Gasteiger partial charge in [0.2, 0.25) is 0 Å². The lowest BCUT2D eigenvalue weighted by Crippen LogP contribution is -2.57. The van der Waals surface area contributed by atoms with Crippen molar-refractivity contribution in [1.82, 2.24) is 9.80 Å². The van der Waals surface area contributed by atoms with E-state index in [1.165, 1.54) is 5.56 Å². The SMILES string of the molecule is COCCN1C(C)CN(CC(OC)c2ccccc2)CC1C. The van der Waals surface area contributed by atoms with Gasteiger partial charge in [-0.3, -0.25) is 9.80 Å². The zero-order valence-electron chi connectivity index (χ0n) is 14.4. The Hall–Kier alpha value is -0.940. The third-order valence-corrected chi connectivity index (χ3v) is 4.61. The lowest BCUT2D eigenvalue weighted by atomic mass is 10.0. The summed E-state index contributed by atoms with van der Waals surface area (Å²) in [4.78, 5) is 5.07. The first kappa shape index (κ1) is 17.4. The van der Waals surface area contributed by atoms with Gasteiger partial charge < -0.3 is 9.47 Å². The molecule has 1 heterocycles. The number of piperazine rings is 1. The highest BCUT2D eigenvalue weighted by Crippen LogP contribution is 2.21. The minimum absolute atomic E-state index is 0.145. The predicted octanol–water partition coefficient (Wildman–Crippen LogP) is 2.42. The molecule has 1 fully saturated rings. The van der Waals surface area contributed by atoms with Crippen LogP contribution in [0.1, 0.15) is 25.5 Å². The topological polar surface area (TPSA) is 24.9 Å². The molecular formula is C18H30N2O2. The van der Waals surface area contributed by atoms with Crippen LogP contribution in [0.5, 0.6) is 0 Å². The number of hydrogen-bond acceptors (Lipinski definition) is 4. The first-order valence-corrected chi connectivity index (χ1v) is 8.20. The molecular weight excluding hydrogens is 276 g/mol. The van der Waals surface area contributed by atoms with E-state index in [0.717, 1.165) is 32.8 Å². The molecule has 1 aliphatic heterocycles. The summed E-state index contributed by atoms with van der Waals surface area (Å²) >= 11 is 0. The van der Waals surface area contributed by atoms with Crippen molar-refractivity contribution in [2.45, 2.75) is 32.0 Å². The molecule has 1 saturated heterocycles. The maximum atomic E-state index is 5.73. The summed E-state index contributed by atoms with van der Waals surface area (Å²) in [6, 6.07) is 11.6. The molecule has 0 N–H and O–H groups in total. The normalized spacial score (nSPS) is 25.3. The number of ether oxygens (including phenoxy) is 2. The molecule has 0 saturated carbocycles. The highest BCUT2D eigenvalue weighted by molar-refractivity contribution is 5.18. The van der Waals surface area contributed by atoms with Gasteiger partial charge in [0.1, 0.15) is 0 Å². The van der Waals surface area contributed by atoms with Crippen molar-refractivity contribution in [2.75, 3.05) is 47.0 Å². The van der Waals surface area contributed by atoms with E-state index in [1.807, 2.05) is 0 Å². The van der Waals surface area contributed by atoms with Gasteiger partial charge in [0.05, 0.1) is 12.7 Å². The van der Waals surface area contributed by atoms with Crippen LogP contribution in [0.2, 0.25) is 0 Å². The van der Waals surface area contributed by atoms with E-state index in [1.54, 1.807) is 14.2 Å². The van der Waals surface area contributed by atoms with Gasteiger partial charge in [-0.05, 0) is 19.4 Å². The van der Waals surface area contributed by atoms with Gasteiger partial charge in [-0.25, -0.2) is 0 Å². The number of rotatable bonds is 7. The van der Waals surface area contributed by atoms with Crippen LogP contribution in [0.15, 0.2) is 30.3 Å². The smallest absolute Gasteiger partial charge is 0.0947 e. The van der Waals surface area contributed by atoms with Crippen molar-refractivity contribution in [3.63, 3.8) is 0 Å². The summed E-state index contributed by atoms with van der Waals surface area (Å²) in [6.45, 7) is 9.55. The van der Waals surface area contributed by atoms with Crippen molar-refractivity contribution in [2.24, 2.45) is 0 Å². The molecule has 22 heavy (non-hydrogen) atoms. The Morgan fingerprint density at radius 3 is 2.27 bits per heavy atom. The van der Waals surface area contributed by atoms with Gasteiger partial charge >= 0.3 is 0 Å². The van der Waals surface area contributed by atoms with Crippen LogP contribution in [0.4, 0.5) is 0 Å². The summed E-state index contributed by atoms with van der Waals surface area (Å²) < 4.78 is 11.0.